The van der Waals surface area contributed by atoms with Gasteiger partial charge >= 0.3 is 0 Å². The van der Waals surface area contributed by atoms with Gasteiger partial charge in [0.05, 0.1) is 0 Å². The number of rotatable bonds is 3. The van der Waals surface area contributed by atoms with Gasteiger partial charge in [-0.15, -0.1) is 0 Å². The van der Waals surface area contributed by atoms with E-state index in [9.17, 15) is 18.0 Å². The van der Waals surface area contributed by atoms with Crippen molar-refractivity contribution in [2.75, 3.05) is 0 Å². The molecule has 0 saturated carbocycles. The van der Waals surface area contributed by atoms with Crippen molar-refractivity contribution in [3.8, 4) is 0 Å². The van der Waals surface area contributed by atoms with Gasteiger partial charge in [-0.2, -0.15) is 4.39 Å². The predicted molar refractivity (Wildman–Crippen MR) is 42.4 cm³/mol. The van der Waals surface area contributed by atoms with E-state index in [0.29, 0.717) is 0 Å². The Balaban J connectivity index is 3.39. The van der Waals surface area contributed by atoms with Gasteiger partial charge in [0.1, 0.15) is 5.69 Å². The van der Waals surface area contributed by atoms with Crippen molar-refractivity contribution >= 4 is 6.29 Å². The van der Waals surface area contributed by atoms with Gasteiger partial charge in [0, 0.05) is 23.7 Å². The van der Waals surface area contributed by atoms with Crippen molar-refractivity contribution in [1.29, 1.82) is 0 Å². The summed E-state index contributed by atoms with van der Waals surface area (Å²) in [5.74, 6) is -1.11. The van der Waals surface area contributed by atoms with E-state index in [1.807, 2.05) is 0 Å². The Morgan fingerprint density at radius 1 is 1.57 bits per heavy atom. The molecule has 0 saturated heterocycles. The third-order valence-electron chi connectivity index (χ3n) is 1.70. The first-order chi connectivity index (χ1) is 6.60. The minimum absolute atomic E-state index is 0.114. The highest BCUT2D eigenvalue weighted by molar-refractivity contribution is 5.77. The van der Waals surface area contributed by atoms with Crippen LogP contribution in [0.1, 0.15) is 28.0 Å². The molecule has 0 unspecified atom stereocenters. The van der Waals surface area contributed by atoms with E-state index in [1.165, 1.54) is 0 Å². The lowest BCUT2D eigenvalue weighted by molar-refractivity contribution is 0.112. The zero-order valence-corrected chi connectivity index (χ0v) is 7.01. The fraction of sp³-hybridized carbons (Fsp3) is 0.250. The van der Waals surface area contributed by atoms with Gasteiger partial charge < -0.3 is 5.73 Å². The van der Waals surface area contributed by atoms with Gasteiger partial charge in [0.2, 0.25) is 5.95 Å². The number of alkyl halides is 2. The number of carbonyl (C=O) groups excluding carboxylic acids is 1. The van der Waals surface area contributed by atoms with Crippen molar-refractivity contribution in [1.82, 2.24) is 4.98 Å². The fourth-order valence-electron chi connectivity index (χ4n) is 1.09. The number of aromatic nitrogens is 1. The van der Waals surface area contributed by atoms with Crippen LogP contribution < -0.4 is 5.73 Å². The molecule has 1 aromatic heterocycles. The highest BCUT2D eigenvalue weighted by Gasteiger charge is 2.18. The number of aldehydes is 1. The van der Waals surface area contributed by atoms with Crippen molar-refractivity contribution in [3.05, 3.63) is 28.8 Å². The molecule has 14 heavy (non-hydrogen) atoms. The number of nitrogens with zero attached hydrogens (tertiary/aromatic N) is 1. The fourth-order valence-corrected chi connectivity index (χ4v) is 1.09. The van der Waals surface area contributed by atoms with E-state index in [4.69, 9.17) is 5.73 Å². The largest absolute Gasteiger partial charge is 0.326 e. The van der Waals surface area contributed by atoms with E-state index in [0.717, 1.165) is 6.07 Å². The van der Waals surface area contributed by atoms with Crippen LogP contribution in [0.2, 0.25) is 0 Å². The average Bonchev–Trinajstić information content (AvgIpc) is 2.16. The Kier molecular flexibility index (Phi) is 3.19. The molecular weight excluding hydrogens is 197 g/mol. The Hall–Kier alpha value is -1.43. The van der Waals surface area contributed by atoms with Crippen LogP contribution in [0.25, 0.3) is 0 Å². The first-order valence-electron chi connectivity index (χ1n) is 3.72. The summed E-state index contributed by atoms with van der Waals surface area (Å²) in [7, 11) is 0. The zero-order valence-electron chi connectivity index (χ0n) is 7.01. The molecule has 1 aromatic rings. The standard InChI is InChI=1S/C8H7F3N2O/c9-6-1-4(3-14)5(2-12)7(13-6)8(10)11/h1,3,8H,2,12H2. The zero-order chi connectivity index (χ0) is 10.7. The number of carbonyl (C=O) groups is 1. The SMILES string of the molecule is NCc1c(C=O)cc(F)nc1C(F)F. The van der Waals surface area contributed by atoms with Gasteiger partial charge in [-0.05, 0) is 0 Å². The maximum absolute atomic E-state index is 12.6. The van der Waals surface area contributed by atoms with Crippen LogP contribution in [0.4, 0.5) is 13.2 Å². The molecule has 0 fully saturated rings. The smallest absolute Gasteiger partial charge is 0.280 e. The Morgan fingerprint density at radius 3 is 2.64 bits per heavy atom. The molecule has 0 aliphatic carbocycles. The molecule has 3 nitrogen and oxygen atoms in total. The van der Waals surface area contributed by atoms with E-state index in [2.05, 4.69) is 4.98 Å². The van der Waals surface area contributed by atoms with Crippen LogP contribution in [0.3, 0.4) is 0 Å². The molecule has 6 heteroatoms. The molecule has 0 bridgehead atoms. The first-order valence-corrected chi connectivity index (χ1v) is 3.72. The lowest BCUT2D eigenvalue weighted by Gasteiger charge is -2.07. The Bertz CT molecular complexity index is 355. The summed E-state index contributed by atoms with van der Waals surface area (Å²) in [4.78, 5) is 13.4. The average molecular weight is 204 g/mol. The van der Waals surface area contributed by atoms with Crippen LogP contribution in [0, 0.1) is 5.95 Å². The maximum atomic E-state index is 12.6. The molecule has 1 heterocycles. The van der Waals surface area contributed by atoms with Crippen molar-refractivity contribution in [2.24, 2.45) is 5.73 Å². The van der Waals surface area contributed by atoms with Gasteiger partial charge in [0.15, 0.2) is 6.29 Å². The van der Waals surface area contributed by atoms with Gasteiger partial charge in [-0.1, -0.05) is 0 Å². The second kappa shape index (κ2) is 4.19. The molecule has 0 aliphatic heterocycles. The minimum Gasteiger partial charge on any atom is -0.326 e. The van der Waals surface area contributed by atoms with E-state index in [-0.39, 0.29) is 24.0 Å². The molecule has 0 atom stereocenters. The van der Waals surface area contributed by atoms with E-state index < -0.39 is 18.1 Å². The topological polar surface area (TPSA) is 56.0 Å². The van der Waals surface area contributed by atoms with Crippen molar-refractivity contribution in [3.63, 3.8) is 0 Å². The van der Waals surface area contributed by atoms with Gasteiger partial charge in [0.25, 0.3) is 6.43 Å². The predicted octanol–water partition coefficient (Wildman–Crippen LogP) is 1.43. The molecule has 0 radical (unpaired) electrons. The van der Waals surface area contributed by atoms with Crippen LogP contribution in [-0.4, -0.2) is 11.3 Å². The number of nitrogens with two attached hydrogens (primary N) is 1. The number of hydrogen-bond donors (Lipinski definition) is 1. The monoisotopic (exact) mass is 204 g/mol. The van der Waals surface area contributed by atoms with Crippen LogP contribution in [-0.2, 0) is 6.54 Å². The lowest BCUT2D eigenvalue weighted by Crippen LogP contribution is -2.09. The van der Waals surface area contributed by atoms with Crippen LogP contribution in [0.15, 0.2) is 6.07 Å². The molecular formula is C8H7F3N2O. The second-order valence-electron chi connectivity index (χ2n) is 2.52. The summed E-state index contributed by atoms with van der Waals surface area (Å²) < 4.78 is 37.3. The molecule has 0 aliphatic rings. The number of hydrogen-bond acceptors (Lipinski definition) is 3. The maximum Gasteiger partial charge on any atom is 0.280 e. The highest BCUT2D eigenvalue weighted by Crippen LogP contribution is 2.23. The summed E-state index contributed by atoms with van der Waals surface area (Å²) in [6.07, 6.45) is -2.67. The molecule has 1 rings (SSSR count). The van der Waals surface area contributed by atoms with Crippen molar-refractivity contribution in [2.45, 2.75) is 13.0 Å². The summed E-state index contributed by atoms with van der Waals surface area (Å²) in [6, 6.07) is 0.779. The molecule has 0 amide bonds. The third kappa shape index (κ3) is 1.90. The van der Waals surface area contributed by atoms with Gasteiger partial charge in [-0.25, -0.2) is 13.8 Å². The highest BCUT2D eigenvalue weighted by atomic mass is 19.3. The summed E-state index contributed by atoms with van der Waals surface area (Å²) in [5, 5.41) is 0. The number of halogens is 3. The lowest BCUT2D eigenvalue weighted by atomic mass is 10.1. The quantitative estimate of drug-likeness (QED) is 0.598. The summed E-state index contributed by atoms with van der Waals surface area (Å²) in [5.41, 5.74) is 4.09. The second-order valence-corrected chi connectivity index (χ2v) is 2.52. The van der Waals surface area contributed by atoms with Crippen LogP contribution in [0.5, 0.6) is 0 Å². The molecule has 0 aromatic carbocycles. The van der Waals surface area contributed by atoms with E-state index in [1.54, 1.807) is 0 Å². The minimum atomic E-state index is -2.94. The summed E-state index contributed by atoms with van der Waals surface area (Å²) in [6.45, 7) is -0.277. The molecule has 2 N–H and O–H groups in total. The first kappa shape index (κ1) is 10.6. The Labute approximate surface area is 77.7 Å². The van der Waals surface area contributed by atoms with E-state index >= 15 is 0 Å². The van der Waals surface area contributed by atoms with Crippen LogP contribution >= 0.6 is 0 Å². The third-order valence-corrected chi connectivity index (χ3v) is 1.70. The van der Waals surface area contributed by atoms with Crippen molar-refractivity contribution < 1.29 is 18.0 Å². The molecule has 0 spiro atoms. The Morgan fingerprint density at radius 2 is 2.21 bits per heavy atom. The number of pyridine rings is 1. The summed E-state index contributed by atoms with van der Waals surface area (Å²) >= 11 is 0. The molecule has 76 valence electrons. The normalized spacial score (nSPS) is 10.6. The van der Waals surface area contributed by atoms with Gasteiger partial charge in [-0.3, -0.25) is 4.79 Å².